The van der Waals surface area contributed by atoms with Gasteiger partial charge in [-0.2, -0.15) is 0 Å². The Bertz CT molecular complexity index is 474. The maximum Gasteiger partial charge on any atom is 0.223 e. The fourth-order valence-electron chi connectivity index (χ4n) is 1.50. The number of nitrogens with zero attached hydrogens (tertiary/aromatic N) is 3. The van der Waals surface area contributed by atoms with E-state index in [1.165, 1.54) is 0 Å². The molecule has 0 aliphatic carbocycles. The fraction of sp³-hybridized carbons (Fsp3) is 0.455. The van der Waals surface area contributed by atoms with Gasteiger partial charge in [-0.1, -0.05) is 0 Å². The van der Waals surface area contributed by atoms with Gasteiger partial charge in [0.25, 0.3) is 0 Å². The molecule has 0 aromatic carbocycles. The molecule has 1 N–H and O–H groups in total. The van der Waals surface area contributed by atoms with Crippen LogP contribution in [0, 0.1) is 0 Å². The molecule has 1 amide bonds. The molecule has 6 heteroatoms. The number of aromatic nitrogens is 2. The van der Waals surface area contributed by atoms with Gasteiger partial charge in [-0.15, -0.1) is 11.3 Å². The molecule has 0 aliphatic heterocycles. The van der Waals surface area contributed by atoms with E-state index in [2.05, 4.69) is 10.3 Å². The maximum atomic E-state index is 11.3. The van der Waals surface area contributed by atoms with Crippen molar-refractivity contribution in [3.8, 4) is 0 Å². The minimum atomic E-state index is 0.142. The predicted molar refractivity (Wildman–Crippen MR) is 68.1 cm³/mol. The summed E-state index contributed by atoms with van der Waals surface area (Å²) in [5.41, 5.74) is 1.01. The molecule has 2 aromatic rings. The Morgan fingerprint density at radius 1 is 1.59 bits per heavy atom. The number of rotatable bonds is 5. The SMILES string of the molecule is CN(C)C(=O)CCNCc1cn2ccsc2n1. The Morgan fingerprint density at radius 2 is 2.41 bits per heavy atom. The molecule has 0 saturated carbocycles. The van der Waals surface area contributed by atoms with E-state index in [1.54, 1.807) is 30.3 Å². The van der Waals surface area contributed by atoms with E-state index in [0.29, 0.717) is 19.5 Å². The Kier molecular flexibility index (Phi) is 3.75. The molecule has 0 spiro atoms. The lowest BCUT2D eigenvalue weighted by Crippen LogP contribution is -2.26. The van der Waals surface area contributed by atoms with E-state index in [9.17, 15) is 4.79 Å². The van der Waals surface area contributed by atoms with Gasteiger partial charge in [-0.05, 0) is 0 Å². The number of amides is 1. The van der Waals surface area contributed by atoms with E-state index in [4.69, 9.17) is 0 Å². The third kappa shape index (κ3) is 3.04. The largest absolute Gasteiger partial charge is 0.349 e. The van der Waals surface area contributed by atoms with Crippen molar-refractivity contribution in [3.05, 3.63) is 23.5 Å². The minimum Gasteiger partial charge on any atom is -0.349 e. The van der Waals surface area contributed by atoms with E-state index in [-0.39, 0.29) is 5.91 Å². The third-order valence-electron chi connectivity index (χ3n) is 2.46. The molecule has 0 radical (unpaired) electrons. The zero-order valence-electron chi connectivity index (χ0n) is 10.0. The van der Waals surface area contributed by atoms with E-state index in [0.717, 1.165) is 10.7 Å². The number of thiazole rings is 1. The van der Waals surface area contributed by atoms with Crippen LogP contribution >= 0.6 is 11.3 Å². The van der Waals surface area contributed by atoms with Crippen molar-refractivity contribution in [1.82, 2.24) is 19.6 Å². The first-order valence-electron chi connectivity index (χ1n) is 5.49. The van der Waals surface area contributed by atoms with Crippen LogP contribution in [-0.2, 0) is 11.3 Å². The lowest BCUT2D eigenvalue weighted by atomic mass is 10.3. The van der Waals surface area contributed by atoms with Crippen molar-refractivity contribution >= 4 is 22.2 Å². The van der Waals surface area contributed by atoms with E-state index < -0.39 is 0 Å². The van der Waals surface area contributed by atoms with Gasteiger partial charge in [-0.3, -0.25) is 9.20 Å². The molecule has 2 heterocycles. The van der Waals surface area contributed by atoms with Gasteiger partial charge in [0.15, 0.2) is 4.96 Å². The molecule has 2 rings (SSSR count). The number of carbonyl (C=O) groups is 1. The lowest BCUT2D eigenvalue weighted by Gasteiger charge is -2.09. The highest BCUT2D eigenvalue weighted by molar-refractivity contribution is 7.15. The second kappa shape index (κ2) is 5.29. The van der Waals surface area contributed by atoms with Gasteiger partial charge in [0.1, 0.15) is 0 Å². The van der Waals surface area contributed by atoms with Crippen LogP contribution in [0.4, 0.5) is 0 Å². The Hall–Kier alpha value is -1.40. The lowest BCUT2D eigenvalue weighted by molar-refractivity contribution is -0.128. The molecule has 0 aliphatic rings. The topological polar surface area (TPSA) is 49.6 Å². The van der Waals surface area contributed by atoms with Gasteiger partial charge >= 0.3 is 0 Å². The molecule has 2 aromatic heterocycles. The quantitative estimate of drug-likeness (QED) is 0.807. The summed E-state index contributed by atoms with van der Waals surface area (Å²) in [6.45, 7) is 1.39. The summed E-state index contributed by atoms with van der Waals surface area (Å²) < 4.78 is 2.01. The highest BCUT2D eigenvalue weighted by Crippen LogP contribution is 2.10. The second-order valence-corrected chi connectivity index (χ2v) is 4.91. The summed E-state index contributed by atoms with van der Waals surface area (Å²) in [5, 5.41) is 5.23. The van der Waals surface area contributed by atoms with Crippen LogP contribution in [0.25, 0.3) is 4.96 Å². The third-order valence-corrected chi connectivity index (χ3v) is 3.23. The zero-order valence-corrected chi connectivity index (χ0v) is 10.8. The highest BCUT2D eigenvalue weighted by atomic mass is 32.1. The smallest absolute Gasteiger partial charge is 0.223 e. The van der Waals surface area contributed by atoms with Crippen LogP contribution in [0.5, 0.6) is 0 Å². The summed E-state index contributed by atoms with van der Waals surface area (Å²) in [6, 6.07) is 0. The first-order chi connectivity index (χ1) is 8.16. The van der Waals surface area contributed by atoms with Crippen molar-refractivity contribution in [2.75, 3.05) is 20.6 Å². The summed E-state index contributed by atoms with van der Waals surface area (Å²) in [5.74, 6) is 0.142. The molecule has 0 bridgehead atoms. The zero-order chi connectivity index (χ0) is 12.3. The van der Waals surface area contributed by atoms with Crippen molar-refractivity contribution in [2.45, 2.75) is 13.0 Å². The van der Waals surface area contributed by atoms with Gasteiger partial charge in [0.05, 0.1) is 5.69 Å². The minimum absolute atomic E-state index is 0.142. The molecule has 0 unspecified atom stereocenters. The number of fused-ring (bicyclic) bond motifs is 1. The van der Waals surface area contributed by atoms with Crippen LogP contribution < -0.4 is 5.32 Å². The summed E-state index contributed by atoms with van der Waals surface area (Å²) in [4.78, 5) is 18.4. The molecular formula is C11H16N4OS. The average molecular weight is 252 g/mol. The number of carbonyl (C=O) groups excluding carboxylic acids is 1. The molecule has 0 fully saturated rings. The van der Waals surface area contributed by atoms with Crippen molar-refractivity contribution in [2.24, 2.45) is 0 Å². The van der Waals surface area contributed by atoms with Crippen molar-refractivity contribution < 1.29 is 4.79 Å². The van der Waals surface area contributed by atoms with Crippen LogP contribution in [-0.4, -0.2) is 40.8 Å². The first-order valence-corrected chi connectivity index (χ1v) is 6.37. The molecule has 5 nitrogen and oxygen atoms in total. The van der Waals surface area contributed by atoms with Crippen LogP contribution in [0.3, 0.4) is 0 Å². The average Bonchev–Trinajstić information content (AvgIpc) is 2.83. The Balaban J connectivity index is 1.75. The predicted octanol–water partition coefficient (Wildman–Crippen LogP) is 0.964. The molecular weight excluding hydrogens is 236 g/mol. The molecule has 0 saturated heterocycles. The standard InChI is InChI=1S/C11H16N4OS/c1-14(2)10(16)3-4-12-7-9-8-15-5-6-17-11(15)13-9/h5-6,8,12H,3-4,7H2,1-2H3. The summed E-state index contributed by atoms with van der Waals surface area (Å²) >= 11 is 1.62. The number of imidazole rings is 1. The number of nitrogens with one attached hydrogen (secondary N) is 1. The number of hydrogen-bond acceptors (Lipinski definition) is 4. The van der Waals surface area contributed by atoms with Gasteiger partial charge in [0.2, 0.25) is 5.91 Å². The highest BCUT2D eigenvalue weighted by Gasteiger charge is 2.04. The Morgan fingerprint density at radius 3 is 3.12 bits per heavy atom. The van der Waals surface area contributed by atoms with E-state index in [1.807, 2.05) is 22.2 Å². The summed E-state index contributed by atoms with van der Waals surface area (Å²) in [7, 11) is 3.54. The normalized spacial score (nSPS) is 10.9. The second-order valence-electron chi connectivity index (χ2n) is 4.04. The van der Waals surface area contributed by atoms with E-state index >= 15 is 0 Å². The van der Waals surface area contributed by atoms with Crippen molar-refractivity contribution in [1.29, 1.82) is 0 Å². The van der Waals surface area contributed by atoms with Gasteiger partial charge in [0, 0.05) is 51.4 Å². The number of hydrogen-bond donors (Lipinski definition) is 1. The Labute approximate surface area is 104 Å². The van der Waals surface area contributed by atoms with Crippen LogP contribution in [0.1, 0.15) is 12.1 Å². The van der Waals surface area contributed by atoms with Gasteiger partial charge < -0.3 is 10.2 Å². The molecule has 92 valence electrons. The summed E-state index contributed by atoms with van der Waals surface area (Å²) in [6.07, 6.45) is 4.52. The van der Waals surface area contributed by atoms with Crippen LogP contribution in [0.2, 0.25) is 0 Å². The maximum absolute atomic E-state index is 11.3. The first kappa shape index (κ1) is 12.1. The monoisotopic (exact) mass is 252 g/mol. The molecule has 17 heavy (non-hydrogen) atoms. The molecule has 0 atom stereocenters. The van der Waals surface area contributed by atoms with Crippen LogP contribution in [0.15, 0.2) is 17.8 Å². The fourth-order valence-corrected chi connectivity index (χ4v) is 2.22. The van der Waals surface area contributed by atoms with Crippen molar-refractivity contribution in [3.63, 3.8) is 0 Å². The van der Waals surface area contributed by atoms with Gasteiger partial charge in [-0.25, -0.2) is 4.98 Å².